The quantitative estimate of drug-likeness (QED) is 0.906. The average Bonchev–Trinajstić information content (AvgIpc) is 2.58. The number of ether oxygens (including phenoxy) is 2. The van der Waals surface area contributed by atoms with Crippen molar-refractivity contribution in [2.75, 3.05) is 14.2 Å². The van der Waals surface area contributed by atoms with Crippen LogP contribution in [0.25, 0.3) is 0 Å². The predicted octanol–water partition coefficient (Wildman–Crippen LogP) is 2.18. The summed E-state index contributed by atoms with van der Waals surface area (Å²) in [4.78, 5) is 15.7. The number of hydrogen-bond donors (Lipinski definition) is 1. The number of nitriles is 1. The van der Waals surface area contributed by atoms with Crippen LogP contribution in [0, 0.1) is 23.0 Å². The van der Waals surface area contributed by atoms with Crippen molar-refractivity contribution in [1.29, 1.82) is 5.26 Å². The molecule has 1 amide bonds. The van der Waals surface area contributed by atoms with Gasteiger partial charge in [0.1, 0.15) is 0 Å². The summed E-state index contributed by atoms with van der Waals surface area (Å²) in [6.07, 6.45) is 1.15. The first-order chi connectivity index (χ1) is 11.5. The fourth-order valence-corrected chi connectivity index (χ4v) is 2.05. The van der Waals surface area contributed by atoms with Gasteiger partial charge in [-0.25, -0.2) is 13.8 Å². The molecule has 0 aliphatic rings. The highest BCUT2D eigenvalue weighted by Gasteiger charge is 2.15. The summed E-state index contributed by atoms with van der Waals surface area (Å²) in [6.45, 7) is -0.109. The number of pyridine rings is 1. The fraction of sp³-hybridized carbons (Fsp3) is 0.188. The molecule has 0 fully saturated rings. The number of methoxy groups -OCH3 is 2. The lowest BCUT2D eigenvalue weighted by Gasteiger charge is -2.11. The highest BCUT2D eigenvalue weighted by Crippen LogP contribution is 2.24. The second-order valence-corrected chi connectivity index (χ2v) is 4.66. The molecule has 124 valence electrons. The Kier molecular flexibility index (Phi) is 5.27. The number of carbonyl (C=O) groups is 1. The molecular formula is C16H13F2N3O3. The van der Waals surface area contributed by atoms with Crippen LogP contribution in [-0.4, -0.2) is 25.1 Å². The van der Waals surface area contributed by atoms with Gasteiger partial charge in [0.15, 0.2) is 17.4 Å². The molecule has 8 heteroatoms. The monoisotopic (exact) mass is 333 g/mol. The average molecular weight is 333 g/mol. The predicted molar refractivity (Wildman–Crippen MR) is 79.6 cm³/mol. The summed E-state index contributed by atoms with van der Waals surface area (Å²) in [5.41, 5.74) is 0.350. The summed E-state index contributed by atoms with van der Waals surface area (Å²) in [7, 11) is 2.53. The molecule has 0 unspecified atom stereocenters. The third-order valence-electron chi connectivity index (χ3n) is 3.16. The van der Waals surface area contributed by atoms with E-state index in [1.807, 2.05) is 6.07 Å². The van der Waals surface area contributed by atoms with Crippen LogP contribution in [0.2, 0.25) is 0 Å². The summed E-state index contributed by atoms with van der Waals surface area (Å²) in [5.74, 6) is -2.41. The zero-order valence-electron chi connectivity index (χ0n) is 12.9. The van der Waals surface area contributed by atoms with Gasteiger partial charge < -0.3 is 14.8 Å². The normalized spacial score (nSPS) is 9.96. The summed E-state index contributed by atoms with van der Waals surface area (Å²) in [6, 6.07) is 5.23. The molecule has 1 N–H and O–H groups in total. The Hall–Kier alpha value is -3.21. The van der Waals surface area contributed by atoms with E-state index in [0.29, 0.717) is 0 Å². The molecule has 0 saturated carbocycles. The molecule has 0 radical (unpaired) electrons. The highest BCUT2D eigenvalue weighted by molar-refractivity contribution is 5.93. The van der Waals surface area contributed by atoms with Crippen LogP contribution < -0.4 is 14.8 Å². The standard InChI is InChI=1S/C16H13F2N3O3/c1-23-14-10(3-9(6-19)4-12(14)17)7-20-15(22)11-5-13(18)16(24-2)21-8-11/h3-5,8H,7H2,1-2H3,(H,20,22). The Morgan fingerprint density at radius 1 is 1.25 bits per heavy atom. The summed E-state index contributed by atoms with van der Waals surface area (Å²) >= 11 is 0. The number of rotatable bonds is 5. The van der Waals surface area contributed by atoms with Crippen molar-refractivity contribution in [1.82, 2.24) is 10.3 Å². The Bertz CT molecular complexity index is 819. The van der Waals surface area contributed by atoms with E-state index in [4.69, 9.17) is 10.00 Å². The Labute approximate surface area is 136 Å². The van der Waals surface area contributed by atoms with Crippen LogP contribution in [0.15, 0.2) is 24.4 Å². The summed E-state index contributed by atoms with van der Waals surface area (Å²) in [5, 5.41) is 11.4. The molecule has 0 aliphatic heterocycles. The van der Waals surface area contributed by atoms with Gasteiger partial charge in [-0.1, -0.05) is 0 Å². The molecule has 1 aromatic heterocycles. The molecule has 0 bridgehead atoms. The molecule has 0 spiro atoms. The van der Waals surface area contributed by atoms with Gasteiger partial charge in [-0.3, -0.25) is 4.79 Å². The van der Waals surface area contributed by atoms with Gasteiger partial charge in [-0.2, -0.15) is 5.26 Å². The topological polar surface area (TPSA) is 84.2 Å². The first kappa shape index (κ1) is 17.1. The van der Waals surface area contributed by atoms with E-state index in [9.17, 15) is 13.6 Å². The first-order valence-corrected chi connectivity index (χ1v) is 6.74. The molecule has 1 aromatic carbocycles. The lowest BCUT2D eigenvalue weighted by atomic mass is 10.1. The SMILES string of the molecule is COc1ncc(C(=O)NCc2cc(C#N)cc(F)c2OC)cc1F. The van der Waals surface area contributed by atoms with Crippen molar-refractivity contribution in [2.24, 2.45) is 0 Å². The Morgan fingerprint density at radius 2 is 2.00 bits per heavy atom. The number of nitrogens with zero attached hydrogens (tertiary/aromatic N) is 2. The van der Waals surface area contributed by atoms with Gasteiger partial charge in [0.25, 0.3) is 5.91 Å². The maximum atomic E-state index is 13.8. The maximum absolute atomic E-state index is 13.8. The van der Waals surface area contributed by atoms with Crippen molar-refractivity contribution in [3.63, 3.8) is 0 Å². The van der Waals surface area contributed by atoms with Crippen molar-refractivity contribution in [3.8, 4) is 17.7 Å². The first-order valence-electron chi connectivity index (χ1n) is 6.74. The number of halogens is 2. The molecule has 6 nitrogen and oxygen atoms in total. The number of carbonyl (C=O) groups excluding carboxylic acids is 1. The van der Waals surface area contributed by atoms with Gasteiger partial charge in [-0.15, -0.1) is 0 Å². The summed E-state index contributed by atoms with van der Waals surface area (Å²) < 4.78 is 37.0. The second-order valence-electron chi connectivity index (χ2n) is 4.66. The number of nitrogens with one attached hydrogen (secondary N) is 1. The molecular weight excluding hydrogens is 320 g/mol. The maximum Gasteiger partial charge on any atom is 0.253 e. The third kappa shape index (κ3) is 3.57. The molecule has 2 aromatic rings. The van der Waals surface area contributed by atoms with Gasteiger partial charge in [0.05, 0.1) is 31.4 Å². The minimum atomic E-state index is -0.778. The molecule has 0 saturated heterocycles. The van der Waals surface area contributed by atoms with Crippen molar-refractivity contribution >= 4 is 5.91 Å². The molecule has 1 heterocycles. The van der Waals surface area contributed by atoms with Crippen LogP contribution in [0.1, 0.15) is 21.5 Å². The van der Waals surface area contributed by atoms with E-state index >= 15 is 0 Å². The van der Waals surface area contributed by atoms with Crippen molar-refractivity contribution in [2.45, 2.75) is 6.54 Å². The lowest BCUT2D eigenvalue weighted by Crippen LogP contribution is -2.23. The molecule has 0 aliphatic carbocycles. The largest absolute Gasteiger partial charge is 0.493 e. The van der Waals surface area contributed by atoms with Crippen molar-refractivity contribution in [3.05, 3.63) is 52.7 Å². The number of aromatic nitrogens is 1. The van der Waals surface area contributed by atoms with Crippen LogP contribution in [-0.2, 0) is 6.54 Å². The highest BCUT2D eigenvalue weighted by atomic mass is 19.1. The zero-order chi connectivity index (χ0) is 17.7. The second kappa shape index (κ2) is 7.37. The number of amides is 1. The lowest BCUT2D eigenvalue weighted by molar-refractivity contribution is 0.0949. The zero-order valence-corrected chi connectivity index (χ0v) is 12.9. The molecule has 2 rings (SSSR count). The minimum Gasteiger partial charge on any atom is -0.493 e. The van der Waals surface area contributed by atoms with E-state index in [0.717, 1.165) is 18.3 Å². The Morgan fingerprint density at radius 3 is 2.58 bits per heavy atom. The fourth-order valence-electron chi connectivity index (χ4n) is 2.05. The van der Waals surface area contributed by atoms with E-state index in [1.54, 1.807) is 0 Å². The number of hydrogen-bond acceptors (Lipinski definition) is 5. The minimum absolute atomic E-state index is 0.0239. The van der Waals surface area contributed by atoms with E-state index < -0.39 is 17.5 Å². The van der Waals surface area contributed by atoms with Gasteiger partial charge in [0, 0.05) is 18.3 Å². The van der Waals surface area contributed by atoms with Crippen LogP contribution in [0.3, 0.4) is 0 Å². The molecule has 0 atom stereocenters. The van der Waals surface area contributed by atoms with Crippen LogP contribution >= 0.6 is 0 Å². The van der Waals surface area contributed by atoms with Gasteiger partial charge in [0.2, 0.25) is 5.88 Å². The Balaban J connectivity index is 2.19. The van der Waals surface area contributed by atoms with E-state index in [-0.39, 0.29) is 34.9 Å². The number of benzene rings is 1. The van der Waals surface area contributed by atoms with E-state index in [1.165, 1.54) is 20.3 Å². The van der Waals surface area contributed by atoms with Gasteiger partial charge in [-0.05, 0) is 18.2 Å². The van der Waals surface area contributed by atoms with Gasteiger partial charge >= 0.3 is 0 Å². The smallest absolute Gasteiger partial charge is 0.253 e. The van der Waals surface area contributed by atoms with E-state index in [2.05, 4.69) is 15.0 Å². The third-order valence-corrected chi connectivity index (χ3v) is 3.16. The molecule has 24 heavy (non-hydrogen) atoms. The van der Waals surface area contributed by atoms with Crippen LogP contribution in [0.4, 0.5) is 8.78 Å². The van der Waals surface area contributed by atoms with Crippen LogP contribution in [0.5, 0.6) is 11.6 Å². The van der Waals surface area contributed by atoms with Crippen molar-refractivity contribution < 1.29 is 23.0 Å².